The molecule has 0 radical (unpaired) electrons. The number of pyridine rings is 1. The first-order valence-corrected chi connectivity index (χ1v) is 8.28. The van der Waals surface area contributed by atoms with Crippen LogP contribution in [0.5, 0.6) is 11.6 Å². The smallest absolute Gasteiger partial charge is 0.251 e. The van der Waals surface area contributed by atoms with Gasteiger partial charge in [-0.1, -0.05) is 36.4 Å². The highest BCUT2D eigenvalue weighted by molar-refractivity contribution is 5.94. The molecule has 0 atom stereocenters. The lowest BCUT2D eigenvalue weighted by molar-refractivity contribution is 0.0951. The first kappa shape index (κ1) is 17.5. The number of benzene rings is 2. The Morgan fingerprint density at radius 3 is 2.35 bits per heavy atom. The molecule has 0 unspecified atom stereocenters. The van der Waals surface area contributed by atoms with Crippen LogP contribution in [0.1, 0.15) is 21.5 Å². The molecule has 0 spiro atoms. The summed E-state index contributed by atoms with van der Waals surface area (Å²) in [6.07, 6.45) is 1.68. The predicted molar refractivity (Wildman–Crippen MR) is 99.2 cm³/mol. The minimum atomic E-state index is -0.128. The third-order valence-electron chi connectivity index (χ3n) is 3.82. The van der Waals surface area contributed by atoms with Crippen LogP contribution in [-0.2, 0) is 13.2 Å². The van der Waals surface area contributed by atoms with Crippen LogP contribution in [0.4, 0.5) is 0 Å². The molecule has 1 N–H and O–H groups in total. The van der Waals surface area contributed by atoms with Crippen molar-refractivity contribution in [1.29, 1.82) is 0 Å². The number of hydrogen-bond acceptors (Lipinski definition) is 4. The molecule has 5 heteroatoms. The molecule has 0 aliphatic heterocycles. The van der Waals surface area contributed by atoms with E-state index in [2.05, 4.69) is 10.3 Å². The maximum atomic E-state index is 12.2. The lowest BCUT2D eigenvalue weighted by Gasteiger charge is -2.08. The van der Waals surface area contributed by atoms with Gasteiger partial charge in [0.2, 0.25) is 5.88 Å². The van der Waals surface area contributed by atoms with Crippen molar-refractivity contribution in [3.63, 3.8) is 0 Å². The van der Waals surface area contributed by atoms with Crippen molar-refractivity contribution in [3.05, 3.63) is 89.6 Å². The summed E-state index contributed by atoms with van der Waals surface area (Å²) >= 11 is 0. The summed E-state index contributed by atoms with van der Waals surface area (Å²) in [6.45, 7) is 0.873. The Morgan fingerprint density at radius 2 is 1.69 bits per heavy atom. The molecule has 0 aliphatic carbocycles. The molecule has 0 saturated heterocycles. The molecular formula is C21H20N2O3. The van der Waals surface area contributed by atoms with Crippen LogP contribution < -0.4 is 14.8 Å². The number of methoxy groups -OCH3 is 1. The van der Waals surface area contributed by atoms with Crippen LogP contribution in [0.2, 0.25) is 0 Å². The number of carbonyl (C=O) groups is 1. The number of nitrogens with zero attached hydrogens (tertiary/aromatic N) is 1. The minimum absolute atomic E-state index is 0.128. The normalized spacial score (nSPS) is 10.2. The topological polar surface area (TPSA) is 60.5 Å². The summed E-state index contributed by atoms with van der Waals surface area (Å²) < 4.78 is 10.7. The molecule has 5 nitrogen and oxygen atoms in total. The van der Waals surface area contributed by atoms with E-state index in [0.29, 0.717) is 24.6 Å². The number of carbonyl (C=O) groups excluding carboxylic acids is 1. The Labute approximate surface area is 152 Å². The van der Waals surface area contributed by atoms with E-state index in [0.717, 1.165) is 16.9 Å². The Balaban J connectivity index is 1.51. The van der Waals surface area contributed by atoms with Gasteiger partial charge in [-0.25, -0.2) is 4.98 Å². The van der Waals surface area contributed by atoms with Crippen LogP contribution in [0.3, 0.4) is 0 Å². The second-order valence-electron chi connectivity index (χ2n) is 5.69. The zero-order valence-electron chi connectivity index (χ0n) is 14.5. The van der Waals surface area contributed by atoms with E-state index < -0.39 is 0 Å². The monoisotopic (exact) mass is 348 g/mol. The molecule has 26 heavy (non-hydrogen) atoms. The molecule has 0 saturated carbocycles. The number of ether oxygens (including phenoxy) is 2. The van der Waals surface area contributed by atoms with Crippen LogP contribution in [-0.4, -0.2) is 18.0 Å². The SMILES string of the molecule is COc1ccc(CNC(=O)c2ccc(COc3ccccc3)cc2)cn1. The molecule has 1 amide bonds. The van der Waals surface area contributed by atoms with Gasteiger partial charge in [-0.15, -0.1) is 0 Å². The highest BCUT2D eigenvalue weighted by atomic mass is 16.5. The van der Waals surface area contributed by atoms with E-state index in [-0.39, 0.29) is 5.91 Å². The molecule has 3 aromatic rings. The summed E-state index contributed by atoms with van der Waals surface area (Å²) in [5.41, 5.74) is 2.52. The van der Waals surface area contributed by atoms with Crippen molar-refractivity contribution in [2.75, 3.05) is 7.11 Å². The molecule has 1 aromatic heterocycles. The molecule has 3 rings (SSSR count). The van der Waals surface area contributed by atoms with Gasteiger partial charge in [0.15, 0.2) is 0 Å². The summed E-state index contributed by atoms with van der Waals surface area (Å²) in [5, 5.41) is 2.88. The van der Waals surface area contributed by atoms with Gasteiger partial charge >= 0.3 is 0 Å². The first-order valence-electron chi connectivity index (χ1n) is 8.28. The van der Waals surface area contributed by atoms with E-state index in [1.165, 1.54) is 0 Å². The second kappa shape index (κ2) is 8.67. The summed E-state index contributed by atoms with van der Waals surface area (Å²) in [5.74, 6) is 1.24. The van der Waals surface area contributed by atoms with E-state index in [1.807, 2.05) is 48.5 Å². The average Bonchev–Trinajstić information content (AvgIpc) is 2.72. The number of amides is 1. The Hall–Kier alpha value is -3.34. The first-order chi connectivity index (χ1) is 12.7. The highest BCUT2D eigenvalue weighted by Crippen LogP contribution is 2.12. The minimum Gasteiger partial charge on any atom is -0.489 e. The molecule has 132 valence electrons. The third-order valence-corrected chi connectivity index (χ3v) is 3.82. The van der Waals surface area contributed by atoms with E-state index in [4.69, 9.17) is 9.47 Å². The molecule has 0 aliphatic rings. The quantitative estimate of drug-likeness (QED) is 0.709. The van der Waals surface area contributed by atoms with Gasteiger partial charge < -0.3 is 14.8 Å². The summed E-state index contributed by atoms with van der Waals surface area (Å²) in [6, 6.07) is 20.7. The zero-order valence-corrected chi connectivity index (χ0v) is 14.5. The fraction of sp³-hybridized carbons (Fsp3) is 0.143. The number of para-hydroxylation sites is 1. The maximum absolute atomic E-state index is 12.2. The van der Waals surface area contributed by atoms with Crippen molar-refractivity contribution in [1.82, 2.24) is 10.3 Å². The fourth-order valence-corrected chi connectivity index (χ4v) is 2.36. The van der Waals surface area contributed by atoms with E-state index in [9.17, 15) is 4.79 Å². The van der Waals surface area contributed by atoms with Crippen molar-refractivity contribution in [2.24, 2.45) is 0 Å². The molecule has 0 fully saturated rings. The summed E-state index contributed by atoms with van der Waals surface area (Å²) in [7, 11) is 1.57. The fourth-order valence-electron chi connectivity index (χ4n) is 2.36. The number of rotatable bonds is 7. The molecule has 2 aromatic carbocycles. The summed E-state index contributed by atoms with van der Waals surface area (Å²) in [4.78, 5) is 16.4. The third kappa shape index (κ3) is 4.83. The Kier molecular flexibility index (Phi) is 5.83. The lowest BCUT2D eigenvalue weighted by atomic mass is 10.1. The number of hydrogen-bond donors (Lipinski definition) is 1. The zero-order chi connectivity index (χ0) is 18.2. The lowest BCUT2D eigenvalue weighted by Crippen LogP contribution is -2.22. The Bertz CT molecular complexity index is 831. The van der Waals surface area contributed by atoms with Crippen LogP contribution >= 0.6 is 0 Å². The molecular weight excluding hydrogens is 328 g/mol. The highest BCUT2D eigenvalue weighted by Gasteiger charge is 2.06. The van der Waals surface area contributed by atoms with Gasteiger partial charge in [0.1, 0.15) is 12.4 Å². The Morgan fingerprint density at radius 1 is 0.962 bits per heavy atom. The van der Waals surface area contributed by atoms with Gasteiger partial charge in [-0.05, 0) is 35.4 Å². The van der Waals surface area contributed by atoms with Gasteiger partial charge in [0.05, 0.1) is 7.11 Å². The van der Waals surface area contributed by atoms with Crippen molar-refractivity contribution in [2.45, 2.75) is 13.2 Å². The van der Waals surface area contributed by atoms with E-state index in [1.54, 1.807) is 31.5 Å². The van der Waals surface area contributed by atoms with Gasteiger partial charge in [0.25, 0.3) is 5.91 Å². The van der Waals surface area contributed by atoms with Crippen LogP contribution in [0, 0.1) is 0 Å². The molecule has 0 bridgehead atoms. The average molecular weight is 348 g/mol. The van der Waals surface area contributed by atoms with Crippen molar-refractivity contribution < 1.29 is 14.3 Å². The van der Waals surface area contributed by atoms with Crippen LogP contribution in [0.25, 0.3) is 0 Å². The second-order valence-corrected chi connectivity index (χ2v) is 5.69. The predicted octanol–water partition coefficient (Wildman–Crippen LogP) is 3.60. The van der Waals surface area contributed by atoms with Crippen molar-refractivity contribution in [3.8, 4) is 11.6 Å². The van der Waals surface area contributed by atoms with E-state index >= 15 is 0 Å². The van der Waals surface area contributed by atoms with Gasteiger partial charge in [-0.2, -0.15) is 0 Å². The number of nitrogens with one attached hydrogen (secondary N) is 1. The van der Waals surface area contributed by atoms with Crippen LogP contribution in [0.15, 0.2) is 72.9 Å². The maximum Gasteiger partial charge on any atom is 0.251 e. The van der Waals surface area contributed by atoms with Crippen molar-refractivity contribution >= 4 is 5.91 Å². The standard InChI is InChI=1S/C21H20N2O3/c1-25-20-12-9-17(13-22-20)14-23-21(24)18-10-7-16(8-11-18)15-26-19-5-3-2-4-6-19/h2-13H,14-15H2,1H3,(H,23,24). The van der Waals surface area contributed by atoms with Gasteiger partial charge in [-0.3, -0.25) is 4.79 Å². The number of aromatic nitrogens is 1. The largest absolute Gasteiger partial charge is 0.489 e. The van der Waals surface area contributed by atoms with Gasteiger partial charge in [0, 0.05) is 24.4 Å². The molecule has 1 heterocycles.